The monoisotopic (exact) mass is 328 g/mol. The Morgan fingerprint density at radius 3 is 2.17 bits per heavy atom. The molecule has 23 heavy (non-hydrogen) atoms. The van der Waals surface area contributed by atoms with Crippen molar-refractivity contribution in [1.82, 2.24) is 5.16 Å². The minimum Gasteiger partial charge on any atom is -0.361 e. The fourth-order valence-corrected chi connectivity index (χ4v) is 3.49. The van der Waals surface area contributed by atoms with Gasteiger partial charge in [-0.05, 0) is 43.7 Å². The van der Waals surface area contributed by atoms with E-state index in [0.29, 0.717) is 5.69 Å². The third-order valence-electron chi connectivity index (χ3n) is 3.51. The average molecular weight is 328 g/mol. The van der Waals surface area contributed by atoms with Crippen molar-refractivity contribution in [2.75, 3.05) is 4.72 Å². The van der Waals surface area contributed by atoms with Crippen molar-refractivity contribution in [3.05, 3.63) is 66.1 Å². The average Bonchev–Trinajstić information content (AvgIpc) is 2.88. The predicted octanol–water partition coefficient (Wildman–Crippen LogP) is 3.76. The number of hydrogen-bond acceptors (Lipinski definition) is 4. The molecule has 0 saturated heterocycles. The van der Waals surface area contributed by atoms with E-state index >= 15 is 0 Å². The third-order valence-corrected chi connectivity index (χ3v) is 4.91. The molecular weight excluding hydrogens is 312 g/mol. The van der Waals surface area contributed by atoms with Crippen molar-refractivity contribution >= 4 is 15.7 Å². The molecule has 1 heterocycles. The maximum Gasteiger partial charge on any atom is 0.261 e. The molecule has 0 bridgehead atoms. The smallest absolute Gasteiger partial charge is 0.261 e. The van der Waals surface area contributed by atoms with Crippen LogP contribution < -0.4 is 4.72 Å². The normalized spacial score (nSPS) is 11.4. The lowest BCUT2D eigenvalue weighted by Gasteiger charge is -2.09. The highest BCUT2D eigenvalue weighted by Gasteiger charge is 2.14. The van der Waals surface area contributed by atoms with Crippen LogP contribution in [0.3, 0.4) is 0 Å². The van der Waals surface area contributed by atoms with Crippen molar-refractivity contribution in [2.45, 2.75) is 18.7 Å². The number of benzene rings is 2. The fraction of sp³-hybridized carbons (Fsp3) is 0.118. The van der Waals surface area contributed by atoms with Crippen LogP contribution in [-0.2, 0) is 10.0 Å². The molecule has 0 unspecified atom stereocenters. The second kappa shape index (κ2) is 5.89. The second-order valence-electron chi connectivity index (χ2n) is 5.20. The zero-order valence-electron chi connectivity index (χ0n) is 12.8. The zero-order chi connectivity index (χ0) is 16.4. The van der Waals surface area contributed by atoms with E-state index in [0.717, 1.165) is 22.6 Å². The van der Waals surface area contributed by atoms with Gasteiger partial charge in [-0.2, -0.15) is 0 Å². The van der Waals surface area contributed by atoms with Crippen LogP contribution in [0.5, 0.6) is 0 Å². The highest BCUT2D eigenvalue weighted by Crippen LogP contribution is 2.28. The molecule has 0 amide bonds. The fourth-order valence-electron chi connectivity index (χ4n) is 2.41. The van der Waals surface area contributed by atoms with E-state index < -0.39 is 10.0 Å². The summed E-state index contributed by atoms with van der Waals surface area (Å²) in [5.74, 6) is 0.736. The van der Waals surface area contributed by atoms with E-state index in [2.05, 4.69) is 9.88 Å². The minimum absolute atomic E-state index is 0.231. The van der Waals surface area contributed by atoms with Gasteiger partial charge in [0.1, 0.15) is 5.76 Å². The predicted molar refractivity (Wildman–Crippen MR) is 88.7 cm³/mol. The van der Waals surface area contributed by atoms with Crippen LogP contribution in [0.1, 0.15) is 11.5 Å². The summed E-state index contributed by atoms with van der Waals surface area (Å²) < 4.78 is 32.3. The SMILES string of the molecule is Cc1noc(C)c1-c1ccc(NS(=O)(=O)c2ccccc2)cc1. The van der Waals surface area contributed by atoms with Crippen molar-refractivity contribution < 1.29 is 12.9 Å². The lowest BCUT2D eigenvalue weighted by atomic mass is 10.0. The van der Waals surface area contributed by atoms with Crippen LogP contribution in [0, 0.1) is 13.8 Å². The summed E-state index contributed by atoms with van der Waals surface area (Å²) >= 11 is 0. The number of hydrogen-bond donors (Lipinski definition) is 1. The summed E-state index contributed by atoms with van der Waals surface area (Å²) in [7, 11) is -3.58. The standard InChI is InChI=1S/C17H16N2O3S/c1-12-17(13(2)22-18-12)14-8-10-15(11-9-14)19-23(20,21)16-6-4-3-5-7-16/h3-11,19H,1-2H3. The molecule has 0 aliphatic heterocycles. The number of rotatable bonds is 4. The van der Waals surface area contributed by atoms with E-state index in [9.17, 15) is 8.42 Å². The van der Waals surface area contributed by atoms with Gasteiger partial charge in [0, 0.05) is 11.3 Å². The molecule has 0 spiro atoms. The van der Waals surface area contributed by atoms with Crippen LogP contribution >= 0.6 is 0 Å². The number of anilines is 1. The van der Waals surface area contributed by atoms with E-state index in [1.165, 1.54) is 0 Å². The van der Waals surface area contributed by atoms with Crippen LogP contribution in [0.25, 0.3) is 11.1 Å². The van der Waals surface area contributed by atoms with Gasteiger partial charge in [-0.25, -0.2) is 8.42 Å². The first kappa shape index (κ1) is 15.3. The Hall–Kier alpha value is -2.60. The molecule has 0 saturated carbocycles. The van der Waals surface area contributed by atoms with Gasteiger partial charge in [0.05, 0.1) is 10.6 Å². The number of nitrogens with zero attached hydrogens (tertiary/aromatic N) is 1. The molecule has 0 aliphatic carbocycles. The topological polar surface area (TPSA) is 72.2 Å². The lowest BCUT2D eigenvalue weighted by molar-refractivity contribution is 0.393. The first-order valence-electron chi connectivity index (χ1n) is 7.08. The maximum absolute atomic E-state index is 12.3. The molecule has 0 radical (unpaired) electrons. The molecule has 3 aromatic rings. The van der Waals surface area contributed by atoms with Crippen molar-refractivity contribution in [3.8, 4) is 11.1 Å². The summed E-state index contributed by atoms with van der Waals surface area (Å²) in [6.07, 6.45) is 0. The Labute approximate surface area is 135 Å². The van der Waals surface area contributed by atoms with Crippen LogP contribution in [0.2, 0.25) is 0 Å². The molecule has 2 aromatic carbocycles. The van der Waals surface area contributed by atoms with E-state index in [1.54, 1.807) is 42.5 Å². The highest BCUT2D eigenvalue weighted by atomic mass is 32.2. The molecule has 1 aromatic heterocycles. The summed E-state index contributed by atoms with van der Waals surface area (Å²) in [5, 5.41) is 3.93. The Bertz CT molecular complexity index is 895. The molecular formula is C17H16N2O3S. The summed E-state index contributed by atoms with van der Waals surface area (Å²) in [6.45, 7) is 3.72. The quantitative estimate of drug-likeness (QED) is 0.791. The van der Waals surface area contributed by atoms with Gasteiger partial charge in [-0.15, -0.1) is 0 Å². The number of aryl methyl sites for hydroxylation is 2. The molecule has 0 aliphatic rings. The van der Waals surface area contributed by atoms with Crippen molar-refractivity contribution in [2.24, 2.45) is 0 Å². The molecule has 0 atom stereocenters. The van der Waals surface area contributed by atoms with Crippen molar-refractivity contribution in [3.63, 3.8) is 0 Å². The minimum atomic E-state index is -3.58. The lowest BCUT2D eigenvalue weighted by Crippen LogP contribution is -2.12. The van der Waals surface area contributed by atoms with Crippen LogP contribution in [-0.4, -0.2) is 13.6 Å². The molecule has 118 valence electrons. The number of nitrogens with one attached hydrogen (secondary N) is 1. The summed E-state index contributed by atoms with van der Waals surface area (Å²) in [4.78, 5) is 0.231. The highest BCUT2D eigenvalue weighted by molar-refractivity contribution is 7.92. The molecule has 0 fully saturated rings. The Morgan fingerprint density at radius 1 is 0.957 bits per heavy atom. The van der Waals surface area contributed by atoms with E-state index in [4.69, 9.17) is 4.52 Å². The Balaban J connectivity index is 1.86. The van der Waals surface area contributed by atoms with Gasteiger partial charge in [-0.1, -0.05) is 35.5 Å². The molecule has 3 rings (SSSR count). The summed E-state index contributed by atoms with van der Waals surface area (Å²) in [6, 6.07) is 15.4. The van der Waals surface area contributed by atoms with Gasteiger partial charge in [0.25, 0.3) is 10.0 Å². The Morgan fingerprint density at radius 2 is 1.61 bits per heavy atom. The number of aromatic nitrogens is 1. The van der Waals surface area contributed by atoms with E-state index in [1.807, 2.05) is 26.0 Å². The van der Waals surface area contributed by atoms with E-state index in [-0.39, 0.29) is 4.90 Å². The van der Waals surface area contributed by atoms with Crippen LogP contribution in [0.15, 0.2) is 64.0 Å². The van der Waals surface area contributed by atoms with Crippen molar-refractivity contribution in [1.29, 1.82) is 0 Å². The maximum atomic E-state index is 12.3. The van der Waals surface area contributed by atoms with Gasteiger partial charge in [0.15, 0.2) is 0 Å². The zero-order valence-corrected chi connectivity index (χ0v) is 13.6. The first-order valence-corrected chi connectivity index (χ1v) is 8.57. The third kappa shape index (κ3) is 3.12. The van der Waals surface area contributed by atoms with Gasteiger partial charge in [0.2, 0.25) is 0 Å². The summed E-state index contributed by atoms with van der Waals surface area (Å²) in [5.41, 5.74) is 3.18. The molecule has 5 nitrogen and oxygen atoms in total. The van der Waals surface area contributed by atoms with Gasteiger partial charge < -0.3 is 4.52 Å². The molecule has 6 heteroatoms. The van der Waals surface area contributed by atoms with Gasteiger partial charge in [-0.3, -0.25) is 4.72 Å². The van der Waals surface area contributed by atoms with Crippen LogP contribution in [0.4, 0.5) is 5.69 Å². The first-order chi connectivity index (χ1) is 11.0. The largest absolute Gasteiger partial charge is 0.361 e. The van der Waals surface area contributed by atoms with Gasteiger partial charge >= 0.3 is 0 Å². The number of sulfonamides is 1. The Kier molecular flexibility index (Phi) is 3.92. The molecule has 1 N–H and O–H groups in total. The second-order valence-corrected chi connectivity index (χ2v) is 6.88.